The Bertz CT molecular complexity index is 2730. The summed E-state index contributed by atoms with van der Waals surface area (Å²) in [5.41, 5.74) is 7.75. The van der Waals surface area contributed by atoms with Gasteiger partial charge < -0.3 is 19.1 Å². The Kier molecular flexibility index (Phi) is 6.45. The second kappa shape index (κ2) is 11.4. The molecule has 0 spiro atoms. The van der Waals surface area contributed by atoms with E-state index < -0.39 is 0 Å². The third-order valence-corrected chi connectivity index (χ3v) is 9.64. The summed E-state index contributed by atoms with van der Waals surface area (Å²) in [5.74, 6) is 2.40. The van der Waals surface area contributed by atoms with E-state index in [2.05, 4.69) is 171 Å². The smallest absolute Gasteiger partial charge is 0.139 e. The molecule has 0 bridgehead atoms. The molecule has 0 fully saturated rings. The Morgan fingerprint density at radius 2 is 1.00 bits per heavy atom. The summed E-state index contributed by atoms with van der Waals surface area (Å²) in [6.07, 6.45) is 6.24. The molecule has 0 amide bonds. The van der Waals surface area contributed by atoms with E-state index in [0.29, 0.717) is 0 Å². The molecular formula is C44H31N5O. The fraction of sp³-hybridized carbons (Fsp3) is 0.0227. The number of hydrogen-bond donors (Lipinski definition) is 0. The summed E-state index contributed by atoms with van der Waals surface area (Å²) < 4.78 is 11.2. The van der Waals surface area contributed by atoms with Gasteiger partial charge in [0.15, 0.2) is 0 Å². The quantitative estimate of drug-likeness (QED) is 0.180. The summed E-state index contributed by atoms with van der Waals surface area (Å²) in [6, 6.07) is 54.9. The summed E-state index contributed by atoms with van der Waals surface area (Å²) >= 11 is 0. The number of benzene rings is 6. The van der Waals surface area contributed by atoms with E-state index in [1.807, 2.05) is 24.4 Å². The van der Waals surface area contributed by atoms with Gasteiger partial charge in [-0.3, -0.25) is 4.57 Å². The second-order valence-corrected chi connectivity index (χ2v) is 12.6. The molecule has 6 heteroatoms. The van der Waals surface area contributed by atoms with Gasteiger partial charge in [-0.1, -0.05) is 78.9 Å². The van der Waals surface area contributed by atoms with E-state index in [9.17, 15) is 0 Å². The average Bonchev–Trinajstić information content (AvgIpc) is 3.89. The van der Waals surface area contributed by atoms with Crippen molar-refractivity contribution in [2.45, 2.75) is 0 Å². The van der Waals surface area contributed by atoms with Gasteiger partial charge in [0.05, 0.1) is 28.7 Å². The molecule has 0 aliphatic carbocycles. The van der Waals surface area contributed by atoms with Crippen LogP contribution in [0, 0.1) is 0 Å². The summed E-state index contributed by atoms with van der Waals surface area (Å²) in [4.78, 5) is 9.54. The zero-order valence-corrected chi connectivity index (χ0v) is 27.1. The predicted molar refractivity (Wildman–Crippen MR) is 205 cm³/mol. The highest BCUT2D eigenvalue weighted by molar-refractivity contribution is 6.11. The number of para-hydroxylation sites is 4. The van der Waals surface area contributed by atoms with Crippen molar-refractivity contribution in [2.24, 2.45) is 0 Å². The van der Waals surface area contributed by atoms with Crippen LogP contribution in [-0.4, -0.2) is 20.8 Å². The lowest BCUT2D eigenvalue weighted by Gasteiger charge is -2.22. The maximum Gasteiger partial charge on any atom is 0.139 e. The van der Waals surface area contributed by atoms with Gasteiger partial charge in [0.1, 0.15) is 17.3 Å². The van der Waals surface area contributed by atoms with Gasteiger partial charge in [0, 0.05) is 75.4 Å². The van der Waals surface area contributed by atoms with Crippen molar-refractivity contribution in [2.75, 3.05) is 16.5 Å². The Labute approximate surface area is 288 Å². The summed E-state index contributed by atoms with van der Waals surface area (Å²) in [7, 11) is 0. The molecule has 0 atom stereocenters. The second-order valence-electron chi connectivity index (χ2n) is 12.6. The highest BCUT2D eigenvalue weighted by Gasteiger charge is 2.19. The Balaban J connectivity index is 1.06. The third-order valence-electron chi connectivity index (χ3n) is 9.64. The minimum Gasteiger partial charge on any atom is -0.457 e. The van der Waals surface area contributed by atoms with Gasteiger partial charge in [0.25, 0.3) is 0 Å². The molecule has 6 aromatic carbocycles. The van der Waals surface area contributed by atoms with Crippen molar-refractivity contribution in [3.63, 3.8) is 0 Å². The first-order valence-electron chi connectivity index (χ1n) is 16.8. The van der Waals surface area contributed by atoms with Crippen LogP contribution >= 0.6 is 0 Å². The van der Waals surface area contributed by atoms with Gasteiger partial charge >= 0.3 is 0 Å². The molecule has 1 aliphatic rings. The fourth-order valence-electron chi connectivity index (χ4n) is 7.33. The molecule has 3 aromatic heterocycles. The van der Waals surface area contributed by atoms with E-state index in [1.165, 1.54) is 10.8 Å². The van der Waals surface area contributed by atoms with Crippen molar-refractivity contribution >= 4 is 55.0 Å². The van der Waals surface area contributed by atoms with Crippen LogP contribution in [0.2, 0.25) is 0 Å². The van der Waals surface area contributed by atoms with Crippen LogP contribution in [-0.2, 0) is 0 Å². The molecule has 238 valence electrons. The van der Waals surface area contributed by atoms with Crippen molar-refractivity contribution < 1.29 is 4.74 Å². The van der Waals surface area contributed by atoms with Crippen molar-refractivity contribution in [3.8, 4) is 23.0 Å². The van der Waals surface area contributed by atoms with Crippen LogP contribution in [0.3, 0.4) is 0 Å². The molecule has 1 aliphatic heterocycles. The van der Waals surface area contributed by atoms with E-state index >= 15 is 0 Å². The van der Waals surface area contributed by atoms with Gasteiger partial charge in [0.2, 0.25) is 0 Å². The van der Waals surface area contributed by atoms with Crippen LogP contribution in [0.15, 0.2) is 176 Å². The maximum atomic E-state index is 6.57. The summed E-state index contributed by atoms with van der Waals surface area (Å²) in [6.45, 7) is 0.736. The zero-order chi connectivity index (χ0) is 33.0. The Hall–Kier alpha value is -6.79. The third kappa shape index (κ3) is 4.61. The van der Waals surface area contributed by atoms with Gasteiger partial charge in [-0.2, -0.15) is 0 Å². The first kappa shape index (κ1) is 28.2. The van der Waals surface area contributed by atoms with Crippen LogP contribution in [0.25, 0.3) is 55.1 Å². The molecule has 4 heterocycles. The molecule has 0 unspecified atom stereocenters. The maximum absolute atomic E-state index is 6.57. The van der Waals surface area contributed by atoms with Crippen LogP contribution in [0.5, 0.6) is 11.5 Å². The average molecular weight is 646 g/mol. The molecule has 6 nitrogen and oxygen atoms in total. The number of ether oxygens (including phenoxy) is 1. The fourth-order valence-corrected chi connectivity index (χ4v) is 7.33. The lowest BCUT2D eigenvalue weighted by molar-refractivity contribution is 0.483. The first-order chi connectivity index (χ1) is 24.8. The van der Waals surface area contributed by atoms with E-state index in [1.54, 1.807) is 0 Å². The molecule has 10 rings (SSSR count). The van der Waals surface area contributed by atoms with Gasteiger partial charge in [-0.15, -0.1) is 0 Å². The molecule has 0 N–H and O–H groups in total. The molecule has 50 heavy (non-hydrogen) atoms. The molecule has 9 aromatic rings. The van der Waals surface area contributed by atoms with E-state index in [4.69, 9.17) is 9.72 Å². The highest BCUT2D eigenvalue weighted by atomic mass is 16.5. The lowest BCUT2D eigenvalue weighted by Crippen LogP contribution is -2.24. The SMILES string of the molecule is C1=CN(c2cccc(Oc3ccc4c5ccccc5n(-c5cc6c(cn5)c5ccccc5n6-c5ccccc5)c4c3)c2)CN1c1ccccc1. The number of fused-ring (bicyclic) bond motifs is 6. The van der Waals surface area contributed by atoms with E-state index in [-0.39, 0.29) is 0 Å². The minimum atomic E-state index is 0.736. The lowest BCUT2D eigenvalue weighted by atomic mass is 10.1. The Morgan fingerprint density at radius 1 is 0.420 bits per heavy atom. The topological polar surface area (TPSA) is 38.5 Å². The standard InChI is InChI=1S/C44H31N5O/c1-3-12-31(13-4-1)46-24-25-47(30-46)33-16-11-17-34(26-33)50-35-22-23-38-36-18-7-10-21-41(36)49(42(38)27-35)44-28-43-39(29-45-44)37-19-8-9-20-40(37)48(43)32-14-5-2-6-15-32/h1-29H,30H2. The zero-order valence-electron chi connectivity index (χ0n) is 27.1. The number of anilines is 2. The van der Waals surface area contributed by atoms with Gasteiger partial charge in [-0.05, 0) is 60.7 Å². The van der Waals surface area contributed by atoms with E-state index in [0.717, 1.165) is 73.9 Å². The molecule has 0 saturated heterocycles. The monoisotopic (exact) mass is 645 g/mol. The number of nitrogens with zero attached hydrogens (tertiary/aromatic N) is 5. The molecule has 0 radical (unpaired) electrons. The largest absolute Gasteiger partial charge is 0.457 e. The molecule has 0 saturated carbocycles. The Morgan fingerprint density at radius 3 is 1.78 bits per heavy atom. The molecular weight excluding hydrogens is 615 g/mol. The van der Waals surface area contributed by atoms with Crippen molar-refractivity contribution in [3.05, 3.63) is 176 Å². The van der Waals surface area contributed by atoms with Crippen LogP contribution in [0.4, 0.5) is 11.4 Å². The van der Waals surface area contributed by atoms with Crippen LogP contribution in [0.1, 0.15) is 0 Å². The predicted octanol–water partition coefficient (Wildman–Crippen LogP) is 10.8. The normalized spacial score (nSPS) is 13.0. The summed E-state index contributed by atoms with van der Waals surface area (Å²) in [5, 5.41) is 4.63. The number of aromatic nitrogens is 3. The minimum absolute atomic E-state index is 0.736. The van der Waals surface area contributed by atoms with Crippen LogP contribution < -0.4 is 14.5 Å². The first-order valence-corrected chi connectivity index (χ1v) is 16.8. The number of rotatable bonds is 6. The van der Waals surface area contributed by atoms with Crippen molar-refractivity contribution in [1.82, 2.24) is 14.1 Å². The number of pyridine rings is 1. The van der Waals surface area contributed by atoms with Gasteiger partial charge in [-0.25, -0.2) is 4.98 Å². The van der Waals surface area contributed by atoms with Crippen molar-refractivity contribution in [1.29, 1.82) is 0 Å². The highest BCUT2D eigenvalue weighted by Crippen LogP contribution is 2.38. The number of hydrogen-bond acceptors (Lipinski definition) is 4.